The van der Waals surface area contributed by atoms with Crippen LogP contribution in [0.25, 0.3) is 0 Å². The van der Waals surface area contributed by atoms with E-state index in [9.17, 15) is 19.8 Å². The number of carboxylic acid groups (broad SMARTS) is 2. The summed E-state index contributed by atoms with van der Waals surface area (Å²) in [6.45, 7) is 8.57. The fourth-order valence-electron chi connectivity index (χ4n) is 8.28. The molecule has 0 radical (unpaired) electrons. The number of nitrogens with one attached hydrogen (secondary N) is 1. The van der Waals surface area contributed by atoms with Crippen LogP contribution in [0.5, 0.6) is 5.75 Å². The van der Waals surface area contributed by atoms with Crippen molar-refractivity contribution in [3.63, 3.8) is 0 Å². The van der Waals surface area contributed by atoms with Gasteiger partial charge in [-0.3, -0.25) is 9.59 Å². The lowest BCUT2D eigenvalue weighted by Gasteiger charge is -2.56. The van der Waals surface area contributed by atoms with Crippen LogP contribution in [0.3, 0.4) is 0 Å². The Kier molecular flexibility index (Phi) is 10.2. The molecule has 0 saturated carbocycles. The summed E-state index contributed by atoms with van der Waals surface area (Å²) in [7, 11) is 1.53. The molecule has 3 aromatic carbocycles. The van der Waals surface area contributed by atoms with Crippen molar-refractivity contribution in [3.8, 4) is 5.75 Å². The molecular formula is C38H48N2O6. The lowest BCUT2D eigenvalue weighted by atomic mass is 9.51. The van der Waals surface area contributed by atoms with E-state index in [-0.39, 0.29) is 18.4 Å². The fourth-order valence-corrected chi connectivity index (χ4v) is 8.28. The van der Waals surface area contributed by atoms with Gasteiger partial charge in [-0.25, -0.2) is 0 Å². The van der Waals surface area contributed by atoms with Gasteiger partial charge in [-0.1, -0.05) is 78.9 Å². The van der Waals surface area contributed by atoms with Gasteiger partial charge < -0.3 is 29.9 Å². The van der Waals surface area contributed by atoms with Crippen LogP contribution in [0, 0.1) is 10.8 Å². The Balaban J connectivity index is 1.29. The third kappa shape index (κ3) is 5.94. The molecule has 2 aliphatic heterocycles. The molecule has 0 aliphatic carbocycles. The van der Waals surface area contributed by atoms with E-state index in [0.29, 0.717) is 17.9 Å². The summed E-state index contributed by atoms with van der Waals surface area (Å²) in [4.78, 5) is 28.7. The molecule has 246 valence electrons. The number of methoxy groups -OCH3 is 1. The first kappa shape index (κ1) is 33.6. The van der Waals surface area contributed by atoms with Crippen LogP contribution in [0.2, 0.25) is 0 Å². The molecule has 8 nitrogen and oxygen atoms in total. The Morgan fingerprint density at radius 1 is 0.826 bits per heavy atom. The molecule has 8 heteroatoms. The number of para-hydroxylation sites is 1. The van der Waals surface area contributed by atoms with Crippen LogP contribution in [-0.4, -0.2) is 79.1 Å². The normalized spacial score (nSPS) is 28.0. The largest absolute Gasteiger partial charge is 0.496 e. The number of carbonyl (C=O) groups is 2. The molecule has 2 saturated heterocycles. The average Bonchev–Trinajstić information content (AvgIpc) is 3.07. The zero-order valence-corrected chi connectivity index (χ0v) is 27.4. The first-order valence-electron chi connectivity index (χ1n) is 16.4. The van der Waals surface area contributed by atoms with Crippen LogP contribution >= 0.6 is 0 Å². The number of hydrogen-bond acceptors (Lipinski definition) is 6. The first-order chi connectivity index (χ1) is 22.1. The van der Waals surface area contributed by atoms with E-state index < -0.39 is 40.8 Å². The predicted molar refractivity (Wildman–Crippen MR) is 178 cm³/mol. The minimum atomic E-state index is -1.45. The lowest BCUT2D eigenvalue weighted by Crippen LogP contribution is -2.69. The van der Waals surface area contributed by atoms with Crippen molar-refractivity contribution in [2.24, 2.45) is 10.8 Å². The van der Waals surface area contributed by atoms with E-state index in [0.717, 1.165) is 32.5 Å². The monoisotopic (exact) mass is 628 g/mol. The highest BCUT2D eigenvalue weighted by Crippen LogP contribution is 2.58. The molecule has 5 rings (SSSR count). The molecule has 3 aromatic rings. The zero-order valence-electron chi connectivity index (χ0n) is 27.4. The summed E-state index contributed by atoms with van der Waals surface area (Å²) in [6.07, 6.45) is 2.15. The number of likely N-dealkylation sites (tertiary alicyclic amines) is 1. The minimum absolute atomic E-state index is 0.0285. The second-order valence-corrected chi connectivity index (χ2v) is 13.2. The lowest BCUT2D eigenvalue weighted by molar-refractivity contribution is -0.172. The Bertz CT molecular complexity index is 1430. The molecule has 3 N–H and O–H groups in total. The van der Waals surface area contributed by atoms with Gasteiger partial charge in [0, 0.05) is 36.6 Å². The summed E-state index contributed by atoms with van der Waals surface area (Å²) < 4.78 is 11.8. The van der Waals surface area contributed by atoms with Crippen molar-refractivity contribution in [3.05, 3.63) is 102 Å². The van der Waals surface area contributed by atoms with Gasteiger partial charge in [0.05, 0.1) is 24.5 Å². The first-order valence-corrected chi connectivity index (χ1v) is 16.4. The van der Waals surface area contributed by atoms with E-state index >= 15 is 0 Å². The average molecular weight is 629 g/mol. The van der Waals surface area contributed by atoms with Crippen molar-refractivity contribution in [1.29, 1.82) is 0 Å². The van der Waals surface area contributed by atoms with Gasteiger partial charge in [0.25, 0.3) is 0 Å². The number of piperidine rings is 2. The van der Waals surface area contributed by atoms with E-state index in [1.54, 1.807) is 19.1 Å². The van der Waals surface area contributed by atoms with E-state index in [1.165, 1.54) is 18.2 Å². The second kappa shape index (κ2) is 14.0. The number of aliphatic carboxylic acids is 2. The van der Waals surface area contributed by atoms with Gasteiger partial charge in [-0.2, -0.15) is 0 Å². The van der Waals surface area contributed by atoms with Crippen LogP contribution in [-0.2, 0) is 19.7 Å². The quantitative estimate of drug-likeness (QED) is 0.216. The van der Waals surface area contributed by atoms with E-state index in [2.05, 4.69) is 70.9 Å². The summed E-state index contributed by atoms with van der Waals surface area (Å²) in [6, 6.07) is 27.7. The molecule has 2 aliphatic rings. The van der Waals surface area contributed by atoms with Crippen LogP contribution in [0.15, 0.2) is 84.9 Å². The number of nitrogens with zero attached hydrogens (tertiary/aromatic N) is 1. The number of rotatable bonds is 12. The molecule has 2 fully saturated rings. The SMILES string of the molecule is COc1ccccc1C1C(CCOCCN2CCC(c3ccccc3)(c3ccccc3)CC2)(C(=O)O)C(C)N[C@H](C)C1(C)C(=O)O. The molecule has 4 unspecified atom stereocenters. The molecular weight excluding hydrogens is 580 g/mol. The fraction of sp³-hybridized carbons (Fsp3) is 0.474. The number of benzene rings is 3. The van der Waals surface area contributed by atoms with Crippen molar-refractivity contribution in [2.45, 2.75) is 63.5 Å². The Morgan fingerprint density at radius 3 is 1.93 bits per heavy atom. The van der Waals surface area contributed by atoms with Gasteiger partial charge in [-0.15, -0.1) is 0 Å². The molecule has 0 aromatic heterocycles. The maximum atomic E-state index is 13.4. The highest BCUT2D eigenvalue weighted by atomic mass is 16.5. The standard InChI is InChI=1S/C38H48N2O6/c1-27-36(3,34(41)42)33(31-17-11-12-18-32(31)45-4)38(35(43)44,28(2)39-27)21-25-46-26-24-40-22-19-37(20-23-40,29-13-7-5-8-14-29)30-15-9-6-10-16-30/h5-18,27-28,33,39H,19-26H2,1-4H3,(H,41,42)(H,43,44)/t27-,28?,33?,36?,38?/m1/s1. The third-order valence-corrected chi connectivity index (χ3v) is 11.2. The van der Waals surface area contributed by atoms with Gasteiger partial charge in [0.2, 0.25) is 0 Å². The Hall–Kier alpha value is -3.72. The van der Waals surface area contributed by atoms with Crippen molar-refractivity contribution in [1.82, 2.24) is 10.2 Å². The topological polar surface area (TPSA) is 108 Å². The molecule has 5 atom stereocenters. The minimum Gasteiger partial charge on any atom is -0.496 e. The van der Waals surface area contributed by atoms with E-state index in [4.69, 9.17) is 9.47 Å². The summed E-state index contributed by atoms with van der Waals surface area (Å²) in [5.41, 5.74) is 0.379. The maximum absolute atomic E-state index is 13.4. The molecule has 0 bridgehead atoms. The predicted octanol–water partition coefficient (Wildman–Crippen LogP) is 5.81. The van der Waals surface area contributed by atoms with Crippen molar-refractivity contribution < 1.29 is 29.3 Å². The van der Waals surface area contributed by atoms with Crippen molar-refractivity contribution in [2.75, 3.05) is 40.0 Å². The van der Waals surface area contributed by atoms with Crippen LogP contribution in [0.1, 0.15) is 62.6 Å². The zero-order chi connectivity index (χ0) is 33.0. The smallest absolute Gasteiger partial charge is 0.311 e. The highest BCUT2D eigenvalue weighted by molar-refractivity contribution is 5.84. The molecule has 46 heavy (non-hydrogen) atoms. The number of hydrogen-bond donors (Lipinski definition) is 3. The van der Waals surface area contributed by atoms with E-state index in [1.807, 2.05) is 26.0 Å². The summed E-state index contributed by atoms with van der Waals surface area (Å²) >= 11 is 0. The third-order valence-electron chi connectivity index (χ3n) is 11.2. The Labute approximate surface area is 272 Å². The second-order valence-electron chi connectivity index (χ2n) is 13.2. The van der Waals surface area contributed by atoms with Crippen LogP contribution in [0.4, 0.5) is 0 Å². The molecule has 2 heterocycles. The number of ether oxygens (including phenoxy) is 2. The van der Waals surface area contributed by atoms with Crippen molar-refractivity contribution >= 4 is 11.9 Å². The maximum Gasteiger partial charge on any atom is 0.311 e. The van der Waals surface area contributed by atoms with Gasteiger partial charge in [0.1, 0.15) is 5.75 Å². The number of carboxylic acids is 2. The van der Waals surface area contributed by atoms with Gasteiger partial charge in [-0.05, 0) is 75.9 Å². The molecule has 0 spiro atoms. The van der Waals surface area contributed by atoms with Gasteiger partial charge in [0.15, 0.2) is 0 Å². The Morgan fingerprint density at radius 2 is 1.39 bits per heavy atom. The highest BCUT2D eigenvalue weighted by Gasteiger charge is 2.65. The van der Waals surface area contributed by atoms with Crippen LogP contribution < -0.4 is 10.1 Å². The summed E-state index contributed by atoms with van der Waals surface area (Å²) in [5.74, 6) is -2.47. The summed E-state index contributed by atoms with van der Waals surface area (Å²) in [5, 5.41) is 24.8. The molecule has 0 amide bonds. The van der Waals surface area contributed by atoms with Gasteiger partial charge >= 0.3 is 11.9 Å².